The molecule has 1 atom stereocenters. The fourth-order valence-electron chi connectivity index (χ4n) is 2.44. The zero-order valence-corrected chi connectivity index (χ0v) is 13.7. The molecule has 2 heterocycles. The van der Waals surface area contributed by atoms with Crippen LogP contribution in [0.3, 0.4) is 0 Å². The Kier molecular flexibility index (Phi) is 4.42. The number of sulfone groups is 1. The van der Waals surface area contributed by atoms with Crippen molar-refractivity contribution < 1.29 is 8.42 Å². The summed E-state index contributed by atoms with van der Waals surface area (Å²) >= 11 is 0. The van der Waals surface area contributed by atoms with E-state index < -0.39 is 9.84 Å². The number of hydrogen-bond acceptors (Lipinski definition) is 7. The third kappa shape index (κ3) is 4.38. The summed E-state index contributed by atoms with van der Waals surface area (Å²) in [6, 6.07) is 8.08. The summed E-state index contributed by atoms with van der Waals surface area (Å²) in [7, 11) is -2.93. The highest BCUT2D eigenvalue weighted by Gasteiger charge is 2.28. The van der Waals surface area contributed by atoms with Gasteiger partial charge in [0.05, 0.1) is 17.7 Å². The van der Waals surface area contributed by atoms with Gasteiger partial charge in [0.15, 0.2) is 15.7 Å². The molecule has 3 rings (SSSR count). The molecule has 0 bridgehead atoms. The van der Waals surface area contributed by atoms with E-state index in [9.17, 15) is 8.42 Å². The Bertz CT molecular complexity index is 777. The maximum atomic E-state index is 11.5. The second kappa shape index (κ2) is 6.49. The molecule has 0 radical (unpaired) electrons. The third-order valence-electron chi connectivity index (χ3n) is 3.72. The lowest BCUT2D eigenvalue weighted by Crippen LogP contribution is -2.22. The minimum Gasteiger partial charge on any atom is -0.365 e. The maximum absolute atomic E-state index is 11.5. The van der Waals surface area contributed by atoms with Gasteiger partial charge in [-0.25, -0.2) is 8.42 Å². The fraction of sp³-hybridized carbons (Fsp3) is 0.400. The molecule has 0 spiro atoms. The van der Waals surface area contributed by atoms with Crippen molar-refractivity contribution in [3.8, 4) is 0 Å². The van der Waals surface area contributed by atoms with Crippen LogP contribution in [0.2, 0.25) is 0 Å². The standard InChI is InChI=1S/C15H19N5O2S/c1-11-2-4-12(5-3-11)8-16-14-9-17-20-15(19-14)18-13-6-7-23(21,22)10-13/h2-5,9,13H,6-8,10H2,1H3,(H2,16,18,19,20). The predicted molar refractivity (Wildman–Crippen MR) is 89.0 cm³/mol. The summed E-state index contributed by atoms with van der Waals surface area (Å²) in [5.74, 6) is 1.28. The van der Waals surface area contributed by atoms with Crippen LogP contribution >= 0.6 is 0 Å². The molecule has 1 unspecified atom stereocenters. The minimum absolute atomic E-state index is 0.122. The molecule has 8 heteroatoms. The van der Waals surface area contributed by atoms with E-state index >= 15 is 0 Å². The lowest BCUT2D eigenvalue weighted by Gasteiger charge is -2.11. The third-order valence-corrected chi connectivity index (χ3v) is 5.49. The van der Waals surface area contributed by atoms with Crippen LogP contribution < -0.4 is 10.6 Å². The summed E-state index contributed by atoms with van der Waals surface area (Å²) in [5.41, 5.74) is 2.36. The number of anilines is 2. The largest absolute Gasteiger partial charge is 0.365 e. The van der Waals surface area contributed by atoms with E-state index in [0.717, 1.165) is 5.56 Å². The van der Waals surface area contributed by atoms with Gasteiger partial charge in [-0.05, 0) is 18.9 Å². The molecule has 0 amide bonds. The Labute approximate surface area is 135 Å². The van der Waals surface area contributed by atoms with Crippen LogP contribution in [0, 0.1) is 6.92 Å². The molecule has 2 N–H and O–H groups in total. The van der Waals surface area contributed by atoms with Crippen LogP contribution in [-0.4, -0.2) is 41.1 Å². The van der Waals surface area contributed by atoms with E-state index in [1.807, 2.05) is 6.92 Å². The second-order valence-corrected chi connectivity index (χ2v) is 7.98. The van der Waals surface area contributed by atoms with Gasteiger partial charge in [-0.1, -0.05) is 29.8 Å². The Morgan fingerprint density at radius 3 is 2.74 bits per heavy atom. The topological polar surface area (TPSA) is 96.9 Å². The van der Waals surface area contributed by atoms with Crippen molar-refractivity contribution in [1.29, 1.82) is 0 Å². The average Bonchev–Trinajstić information content (AvgIpc) is 2.86. The second-order valence-electron chi connectivity index (χ2n) is 5.75. The Morgan fingerprint density at radius 2 is 2.04 bits per heavy atom. The lowest BCUT2D eigenvalue weighted by molar-refractivity contribution is 0.602. The van der Waals surface area contributed by atoms with Gasteiger partial charge in [0, 0.05) is 12.6 Å². The summed E-state index contributed by atoms with van der Waals surface area (Å²) in [5, 5.41) is 14.0. The van der Waals surface area contributed by atoms with E-state index in [1.165, 1.54) is 5.56 Å². The summed E-state index contributed by atoms with van der Waals surface area (Å²) in [4.78, 5) is 4.33. The van der Waals surface area contributed by atoms with Crippen molar-refractivity contribution in [2.24, 2.45) is 0 Å². The van der Waals surface area contributed by atoms with Crippen LogP contribution in [0.15, 0.2) is 30.5 Å². The van der Waals surface area contributed by atoms with Gasteiger partial charge in [-0.3, -0.25) is 0 Å². The molecule has 1 aromatic heterocycles. The molecule has 0 aliphatic carbocycles. The van der Waals surface area contributed by atoms with Crippen LogP contribution in [0.5, 0.6) is 0 Å². The van der Waals surface area contributed by atoms with Gasteiger partial charge in [0.25, 0.3) is 0 Å². The molecule has 0 saturated carbocycles. The Balaban J connectivity index is 1.60. The quantitative estimate of drug-likeness (QED) is 0.853. The van der Waals surface area contributed by atoms with E-state index in [4.69, 9.17) is 0 Å². The van der Waals surface area contributed by atoms with E-state index in [0.29, 0.717) is 24.7 Å². The molecule has 1 saturated heterocycles. The predicted octanol–water partition coefficient (Wildman–Crippen LogP) is 1.39. The molecular weight excluding hydrogens is 314 g/mol. The van der Waals surface area contributed by atoms with Crippen LogP contribution in [0.25, 0.3) is 0 Å². The maximum Gasteiger partial charge on any atom is 0.244 e. The Morgan fingerprint density at radius 1 is 1.26 bits per heavy atom. The van der Waals surface area contributed by atoms with Gasteiger partial charge in [-0.2, -0.15) is 10.1 Å². The van der Waals surface area contributed by atoms with Gasteiger partial charge < -0.3 is 10.6 Å². The first-order valence-electron chi connectivity index (χ1n) is 7.46. The summed E-state index contributed by atoms with van der Waals surface area (Å²) < 4.78 is 22.9. The zero-order chi connectivity index (χ0) is 16.3. The van der Waals surface area contributed by atoms with Crippen LogP contribution in [0.1, 0.15) is 17.5 Å². The normalized spacial score (nSPS) is 19.4. The monoisotopic (exact) mass is 333 g/mol. The zero-order valence-electron chi connectivity index (χ0n) is 12.9. The molecule has 1 aliphatic heterocycles. The minimum atomic E-state index is -2.93. The molecule has 23 heavy (non-hydrogen) atoms. The highest BCUT2D eigenvalue weighted by Crippen LogP contribution is 2.15. The molecule has 1 fully saturated rings. The molecular formula is C15H19N5O2S. The summed E-state index contributed by atoms with van der Waals surface area (Å²) in [6.07, 6.45) is 2.12. The number of nitrogens with one attached hydrogen (secondary N) is 2. The lowest BCUT2D eigenvalue weighted by atomic mass is 10.1. The number of aryl methyl sites for hydroxylation is 1. The molecule has 2 aromatic rings. The Hall–Kier alpha value is -2.22. The number of benzene rings is 1. The first-order chi connectivity index (χ1) is 11.0. The van der Waals surface area contributed by atoms with Gasteiger partial charge in [0.1, 0.15) is 0 Å². The van der Waals surface area contributed by atoms with Gasteiger partial charge >= 0.3 is 0 Å². The highest BCUT2D eigenvalue weighted by atomic mass is 32.2. The van der Waals surface area contributed by atoms with Crippen molar-refractivity contribution in [1.82, 2.24) is 15.2 Å². The summed E-state index contributed by atoms with van der Waals surface area (Å²) in [6.45, 7) is 2.68. The molecule has 7 nitrogen and oxygen atoms in total. The number of aromatic nitrogens is 3. The molecule has 122 valence electrons. The number of rotatable bonds is 5. The SMILES string of the molecule is Cc1ccc(CNc2cnnc(NC3CCS(=O)(=O)C3)n2)cc1. The first kappa shape index (κ1) is 15.7. The van der Waals surface area contributed by atoms with Crippen molar-refractivity contribution in [3.05, 3.63) is 41.6 Å². The van der Waals surface area contributed by atoms with E-state index in [-0.39, 0.29) is 17.5 Å². The van der Waals surface area contributed by atoms with Crippen molar-refractivity contribution in [3.63, 3.8) is 0 Å². The van der Waals surface area contributed by atoms with Crippen molar-refractivity contribution in [2.75, 3.05) is 22.1 Å². The van der Waals surface area contributed by atoms with Crippen LogP contribution in [-0.2, 0) is 16.4 Å². The van der Waals surface area contributed by atoms with Gasteiger partial charge in [0.2, 0.25) is 5.95 Å². The smallest absolute Gasteiger partial charge is 0.244 e. The van der Waals surface area contributed by atoms with E-state index in [1.54, 1.807) is 6.20 Å². The molecule has 1 aliphatic rings. The fourth-order valence-corrected chi connectivity index (χ4v) is 4.11. The number of nitrogens with zero attached hydrogens (tertiary/aromatic N) is 3. The van der Waals surface area contributed by atoms with Crippen molar-refractivity contribution >= 4 is 21.6 Å². The van der Waals surface area contributed by atoms with Crippen LogP contribution in [0.4, 0.5) is 11.8 Å². The number of hydrogen-bond donors (Lipinski definition) is 2. The van der Waals surface area contributed by atoms with Crippen molar-refractivity contribution in [2.45, 2.75) is 25.9 Å². The van der Waals surface area contributed by atoms with Gasteiger partial charge in [-0.15, -0.1) is 5.10 Å². The molecule has 1 aromatic carbocycles. The average molecular weight is 333 g/mol. The van der Waals surface area contributed by atoms with E-state index in [2.05, 4.69) is 50.1 Å². The highest BCUT2D eigenvalue weighted by molar-refractivity contribution is 7.91. The first-order valence-corrected chi connectivity index (χ1v) is 9.28.